The van der Waals surface area contributed by atoms with E-state index in [1.165, 1.54) is 24.2 Å². The van der Waals surface area contributed by atoms with Crippen molar-refractivity contribution in [2.45, 2.75) is 45.2 Å². The third-order valence-electron chi connectivity index (χ3n) is 5.92. The smallest absolute Gasteiger partial charge is 0.282 e. The van der Waals surface area contributed by atoms with Gasteiger partial charge in [0.2, 0.25) is 0 Å². The molecule has 1 saturated heterocycles. The summed E-state index contributed by atoms with van der Waals surface area (Å²) in [7, 11) is 1.49. The highest BCUT2D eigenvalue weighted by Crippen LogP contribution is 2.41. The van der Waals surface area contributed by atoms with Crippen LogP contribution in [0.2, 0.25) is 5.02 Å². The van der Waals surface area contributed by atoms with Crippen LogP contribution in [0.5, 0.6) is 5.75 Å². The van der Waals surface area contributed by atoms with Gasteiger partial charge in [-0.3, -0.25) is 4.90 Å². The van der Waals surface area contributed by atoms with E-state index in [0.29, 0.717) is 42.4 Å². The second-order valence-corrected chi connectivity index (χ2v) is 8.55. The summed E-state index contributed by atoms with van der Waals surface area (Å²) in [4.78, 5) is 10.1. The number of hydrogen-bond acceptors (Lipinski definition) is 6. The quantitative estimate of drug-likeness (QED) is 0.559. The SMILES string of the molecule is COc1c(CCn2nc(C(F)F)c3c(N)ncnc32)cc(Cl)c(F)c1C1CN(C(C)C)C1. The number of hydrogen-bond donors (Lipinski definition) is 1. The molecule has 0 spiro atoms. The molecule has 32 heavy (non-hydrogen) atoms. The summed E-state index contributed by atoms with van der Waals surface area (Å²) in [5.41, 5.74) is 6.66. The Hall–Kier alpha value is -2.59. The number of methoxy groups -OCH3 is 1. The molecule has 0 aliphatic carbocycles. The van der Waals surface area contributed by atoms with Crippen LogP contribution >= 0.6 is 11.6 Å². The van der Waals surface area contributed by atoms with Crippen LogP contribution in [-0.2, 0) is 13.0 Å². The van der Waals surface area contributed by atoms with Crippen LogP contribution in [0.4, 0.5) is 19.0 Å². The van der Waals surface area contributed by atoms with E-state index in [2.05, 4.69) is 33.8 Å². The first-order valence-electron chi connectivity index (χ1n) is 10.3. The summed E-state index contributed by atoms with van der Waals surface area (Å²) in [6, 6.07) is 1.88. The number of aromatic nitrogens is 4. The maximum Gasteiger partial charge on any atom is 0.282 e. The maximum atomic E-state index is 15.0. The van der Waals surface area contributed by atoms with Crippen molar-refractivity contribution in [1.82, 2.24) is 24.6 Å². The molecule has 0 radical (unpaired) electrons. The van der Waals surface area contributed by atoms with Gasteiger partial charge >= 0.3 is 0 Å². The predicted octanol–water partition coefficient (Wildman–Crippen LogP) is 4.20. The lowest BCUT2D eigenvalue weighted by Crippen LogP contribution is -2.49. The maximum absolute atomic E-state index is 15.0. The Bertz CT molecular complexity index is 1150. The Balaban J connectivity index is 1.67. The number of fused-ring (bicyclic) bond motifs is 1. The van der Waals surface area contributed by atoms with E-state index in [1.54, 1.807) is 0 Å². The van der Waals surface area contributed by atoms with Crippen molar-refractivity contribution in [2.75, 3.05) is 25.9 Å². The average Bonchev–Trinajstić information content (AvgIpc) is 3.08. The van der Waals surface area contributed by atoms with Crippen molar-refractivity contribution in [3.05, 3.63) is 40.1 Å². The van der Waals surface area contributed by atoms with Crippen LogP contribution in [0.3, 0.4) is 0 Å². The van der Waals surface area contributed by atoms with Crippen molar-refractivity contribution in [2.24, 2.45) is 0 Å². The zero-order chi connectivity index (χ0) is 23.2. The fourth-order valence-electron chi connectivity index (χ4n) is 4.18. The van der Waals surface area contributed by atoms with E-state index in [1.807, 2.05) is 0 Å². The Morgan fingerprint density at radius 2 is 2.00 bits per heavy atom. The van der Waals surface area contributed by atoms with Gasteiger partial charge in [-0.15, -0.1) is 0 Å². The van der Waals surface area contributed by atoms with Crippen LogP contribution in [0.1, 0.15) is 43.0 Å². The molecule has 2 N–H and O–H groups in total. The summed E-state index contributed by atoms with van der Waals surface area (Å²) in [5, 5.41) is 4.05. The molecule has 7 nitrogen and oxygen atoms in total. The zero-order valence-electron chi connectivity index (χ0n) is 17.9. The van der Waals surface area contributed by atoms with E-state index in [0.717, 1.165) is 0 Å². The van der Waals surface area contributed by atoms with Crippen LogP contribution in [0.15, 0.2) is 12.4 Å². The minimum Gasteiger partial charge on any atom is -0.496 e. The van der Waals surface area contributed by atoms with Crippen molar-refractivity contribution in [1.29, 1.82) is 0 Å². The number of likely N-dealkylation sites (tertiary alicyclic amines) is 1. The molecule has 3 heterocycles. The van der Waals surface area contributed by atoms with E-state index in [9.17, 15) is 13.2 Å². The van der Waals surface area contributed by atoms with Gasteiger partial charge in [-0.05, 0) is 31.9 Å². The number of nitrogens with zero attached hydrogens (tertiary/aromatic N) is 5. The molecule has 0 unspecified atom stereocenters. The Labute approximate surface area is 188 Å². The summed E-state index contributed by atoms with van der Waals surface area (Å²) in [6.45, 7) is 5.79. The topological polar surface area (TPSA) is 82.1 Å². The fourth-order valence-corrected chi connectivity index (χ4v) is 4.42. The zero-order valence-corrected chi connectivity index (χ0v) is 18.7. The molecular weight excluding hydrogens is 445 g/mol. The summed E-state index contributed by atoms with van der Waals surface area (Å²) >= 11 is 6.21. The third-order valence-corrected chi connectivity index (χ3v) is 6.20. The fraction of sp³-hybridized carbons (Fsp3) is 0.476. The second-order valence-electron chi connectivity index (χ2n) is 8.14. The first kappa shape index (κ1) is 22.6. The molecule has 0 amide bonds. The lowest BCUT2D eigenvalue weighted by Gasteiger charge is -2.43. The molecule has 0 atom stereocenters. The number of benzene rings is 1. The van der Waals surface area contributed by atoms with Crippen molar-refractivity contribution >= 4 is 28.5 Å². The predicted molar refractivity (Wildman–Crippen MR) is 116 cm³/mol. The number of alkyl halides is 2. The number of rotatable bonds is 7. The first-order chi connectivity index (χ1) is 15.2. The number of aryl methyl sites for hydroxylation is 2. The van der Waals surface area contributed by atoms with Crippen LogP contribution in [-0.4, -0.2) is 50.9 Å². The van der Waals surface area contributed by atoms with Crippen LogP contribution in [0.25, 0.3) is 11.0 Å². The van der Waals surface area contributed by atoms with Gasteiger partial charge in [0.25, 0.3) is 6.43 Å². The molecule has 1 aliphatic rings. The van der Waals surface area contributed by atoms with Crippen LogP contribution < -0.4 is 10.5 Å². The minimum absolute atomic E-state index is 0.00367. The van der Waals surface area contributed by atoms with Gasteiger partial charge in [-0.1, -0.05) is 11.6 Å². The van der Waals surface area contributed by atoms with Crippen molar-refractivity contribution in [3.8, 4) is 5.75 Å². The molecule has 2 aromatic heterocycles. The van der Waals surface area contributed by atoms with E-state index < -0.39 is 17.9 Å². The molecule has 0 bridgehead atoms. The molecule has 3 aromatic rings. The number of ether oxygens (including phenoxy) is 1. The van der Waals surface area contributed by atoms with E-state index in [4.69, 9.17) is 22.1 Å². The Morgan fingerprint density at radius 1 is 1.28 bits per heavy atom. The van der Waals surface area contributed by atoms with Gasteiger partial charge in [0, 0.05) is 37.2 Å². The number of nitrogen functional groups attached to an aromatic ring is 1. The minimum atomic E-state index is -2.82. The summed E-state index contributed by atoms with van der Waals surface area (Å²) in [5.74, 6) is -0.139. The van der Waals surface area contributed by atoms with Gasteiger partial charge in [-0.2, -0.15) is 5.10 Å². The van der Waals surface area contributed by atoms with E-state index >= 15 is 0 Å². The van der Waals surface area contributed by atoms with Crippen LogP contribution in [0, 0.1) is 5.82 Å². The highest BCUT2D eigenvalue weighted by molar-refractivity contribution is 6.31. The molecule has 1 fully saturated rings. The summed E-state index contributed by atoms with van der Waals surface area (Å²) < 4.78 is 48.9. The van der Waals surface area contributed by atoms with E-state index in [-0.39, 0.29) is 34.3 Å². The van der Waals surface area contributed by atoms with Gasteiger partial charge in [-0.25, -0.2) is 27.8 Å². The third kappa shape index (κ3) is 3.86. The molecule has 172 valence electrons. The molecule has 4 rings (SSSR count). The standard InChI is InChI=1S/C21H24ClF3N6O/c1-10(2)30-7-12(8-30)14-16(23)13(22)6-11(18(14)32-3)4-5-31-21-15(17(29-31)19(24)25)20(26)27-9-28-21/h6,9-10,12,19H,4-5,7-8H2,1-3H3,(H2,26,27,28). The monoisotopic (exact) mass is 468 g/mol. The normalized spacial score (nSPS) is 15.2. The molecular formula is C21H24ClF3N6O. The lowest BCUT2D eigenvalue weighted by molar-refractivity contribution is 0.106. The molecule has 11 heteroatoms. The molecule has 0 saturated carbocycles. The Kier molecular flexibility index (Phi) is 6.17. The van der Waals surface area contributed by atoms with Crippen molar-refractivity contribution in [3.63, 3.8) is 0 Å². The molecule has 1 aromatic carbocycles. The van der Waals surface area contributed by atoms with Gasteiger partial charge < -0.3 is 10.5 Å². The largest absolute Gasteiger partial charge is 0.496 e. The first-order valence-corrected chi connectivity index (χ1v) is 10.6. The highest BCUT2D eigenvalue weighted by atomic mass is 35.5. The summed E-state index contributed by atoms with van der Waals surface area (Å²) in [6.07, 6.45) is -1.30. The lowest BCUT2D eigenvalue weighted by atomic mass is 9.87. The van der Waals surface area contributed by atoms with Gasteiger partial charge in [0.05, 0.1) is 17.5 Å². The number of halogens is 4. The number of anilines is 1. The Morgan fingerprint density at radius 3 is 2.62 bits per heavy atom. The average molecular weight is 469 g/mol. The number of nitrogens with two attached hydrogens (primary N) is 1. The van der Waals surface area contributed by atoms with Gasteiger partial charge in [0.15, 0.2) is 5.65 Å². The highest BCUT2D eigenvalue weighted by Gasteiger charge is 2.35. The van der Waals surface area contributed by atoms with Crippen molar-refractivity contribution < 1.29 is 17.9 Å². The second kappa shape index (κ2) is 8.74. The van der Waals surface area contributed by atoms with Gasteiger partial charge in [0.1, 0.15) is 29.4 Å². The molecule has 1 aliphatic heterocycles.